The maximum Gasteiger partial charge on any atom is 0.122 e. The summed E-state index contributed by atoms with van der Waals surface area (Å²) in [7, 11) is 0. The van der Waals surface area contributed by atoms with Crippen LogP contribution >= 0.6 is 0 Å². The van der Waals surface area contributed by atoms with Gasteiger partial charge >= 0.3 is 0 Å². The first-order chi connectivity index (χ1) is 10.4. The summed E-state index contributed by atoms with van der Waals surface area (Å²) in [6, 6.07) is 5.26. The van der Waals surface area contributed by atoms with E-state index in [9.17, 15) is 0 Å². The first-order valence-electron chi connectivity index (χ1n) is 8.63. The zero-order chi connectivity index (χ0) is 14.1. The normalized spacial score (nSPS) is 34.4. The van der Waals surface area contributed by atoms with Gasteiger partial charge in [-0.05, 0) is 69.9 Å². The molecule has 0 spiro atoms. The number of nitrogens with one attached hydrogen (secondary N) is 1. The van der Waals surface area contributed by atoms with Crippen molar-refractivity contribution in [3.63, 3.8) is 0 Å². The highest BCUT2D eigenvalue weighted by Crippen LogP contribution is 2.29. The molecule has 1 aromatic rings. The Bertz CT molecular complexity index is 433. The van der Waals surface area contributed by atoms with Gasteiger partial charge in [-0.15, -0.1) is 0 Å². The minimum Gasteiger partial charge on any atom is -0.468 e. The second kappa shape index (κ2) is 6.11. The molecule has 5 rings (SSSR count). The Hall–Kier alpha value is -0.840. The molecule has 4 aliphatic heterocycles. The van der Waals surface area contributed by atoms with Crippen LogP contribution in [0.25, 0.3) is 0 Å². The largest absolute Gasteiger partial charge is 0.468 e. The van der Waals surface area contributed by atoms with Crippen LogP contribution in [0.4, 0.5) is 0 Å². The maximum atomic E-state index is 5.72. The Kier molecular flexibility index (Phi) is 4.01. The minimum absolute atomic E-state index is 0.415. The molecule has 4 aliphatic rings. The lowest BCUT2D eigenvalue weighted by Crippen LogP contribution is -2.57. The Labute approximate surface area is 127 Å². The second-order valence-corrected chi connectivity index (χ2v) is 6.93. The van der Waals surface area contributed by atoms with Gasteiger partial charge in [0.2, 0.25) is 0 Å². The van der Waals surface area contributed by atoms with Gasteiger partial charge in [0.1, 0.15) is 5.76 Å². The van der Waals surface area contributed by atoms with Crippen LogP contribution in [0.3, 0.4) is 0 Å². The van der Waals surface area contributed by atoms with E-state index >= 15 is 0 Å². The van der Waals surface area contributed by atoms with Crippen LogP contribution < -0.4 is 5.32 Å². The molecule has 21 heavy (non-hydrogen) atoms. The molecule has 1 N–H and O–H groups in total. The second-order valence-electron chi connectivity index (χ2n) is 6.93. The average molecular weight is 289 g/mol. The quantitative estimate of drug-likeness (QED) is 0.899. The van der Waals surface area contributed by atoms with E-state index < -0.39 is 0 Å². The van der Waals surface area contributed by atoms with Gasteiger partial charge < -0.3 is 14.6 Å². The van der Waals surface area contributed by atoms with Crippen LogP contribution in [0.2, 0.25) is 0 Å². The first kappa shape index (κ1) is 13.8. The van der Waals surface area contributed by atoms with E-state index in [1.165, 1.54) is 58.4 Å². The average Bonchev–Trinajstić information content (AvgIpc) is 3.22. The third-order valence-corrected chi connectivity index (χ3v) is 5.68. The van der Waals surface area contributed by atoms with Gasteiger partial charge in [-0.25, -0.2) is 0 Å². The van der Waals surface area contributed by atoms with Crippen molar-refractivity contribution in [1.82, 2.24) is 15.1 Å². The highest BCUT2D eigenvalue weighted by Gasteiger charge is 2.35. The number of piperidine rings is 3. The summed E-state index contributed by atoms with van der Waals surface area (Å²) in [6.07, 6.45) is 7.24. The topological polar surface area (TPSA) is 31.7 Å². The van der Waals surface area contributed by atoms with Crippen LogP contribution in [0, 0.1) is 5.92 Å². The SMILES string of the molecule is c1coc(C(CNC2CN3CCC2CC3)N2CCCC2)c1. The number of fused-ring (bicyclic) bond motifs is 3. The van der Waals surface area contributed by atoms with Crippen LogP contribution in [0.5, 0.6) is 0 Å². The molecule has 0 aromatic carbocycles. The summed E-state index contributed by atoms with van der Waals surface area (Å²) >= 11 is 0. The Morgan fingerprint density at radius 2 is 2.00 bits per heavy atom. The first-order valence-corrected chi connectivity index (χ1v) is 8.63. The molecule has 4 heteroatoms. The summed E-state index contributed by atoms with van der Waals surface area (Å²) in [4.78, 5) is 5.21. The van der Waals surface area contributed by atoms with E-state index in [1.54, 1.807) is 0 Å². The fraction of sp³-hybridized carbons (Fsp3) is 0.765. The molecule has 0 aliphatic carbocycles. The lowest BCUT2D eigenvalue weighted by Gasteiger charge is -2.45. The fourth-order valence-electron chi connectivity index (χ4n) is 4.40. The van der Waals surface area contributed by atoms with Gasteiger partial charge in [-0.2, -0.15) is 0 Å². The number of likely N-dealkylation sites (tertiary alicyclic amines) is 1. The summed E-state index contributed by atoms with van der Waals surface area (Å²) in [6.45, 7) is 7.34. The lowest BCUT2D eigenvalue weighted by atomic mass is 9.84. The van der Waals surface area contributed by atoms with Crippen LogP contribution in [0.1, 0.15) is 37.5 Å². The van der Waals surface area contributed by atoms with Crippen molar-refractivity contribution >= 4 is 0 Å². The molecule has 2 bridgehead atoms. The number of rotatable bonds is 5. The molecule has 116 valence electrons. The summed E-state index contributed by atoms with van der Waals surface area (Å²) in [5.41, 5.74) is 0. The molecule has 0 saturated carbocycles. The van der Waals surface area contributed by atoms with Crippen molar-refractivity contribution < 1.29 is 4.42 Å². The lowest BCUT2D eigenvalue weighted by molar-refractivity contribution is 0.0672. The van der Waals surface area contributed by atoms with Gasteiger partial charge in [-0.1, -0.05) is 0 Å². The van der Waals surface area contributed by atoms with Crippen LogP contribution in [-0.4, -0.2) is 55.1 Å². The van der Waals surface area contributed by atoms with E-state index in [2.05, 4.69) is 21.2 Å². The van der Waals surface area contributed by atoms with Crippen molar-refractivity contribution in [3.8, 4) is 0 Å². The molecule has 2 atom stereocenters. The Morgan fingerprint density at radius 3 is 2.62 bits per heavy atom. The van der Waals surface area contributed by atoms with Gasteiger partial charge in [-0.3, -0.25) is 4.90 Å². The van der Waals surface area contributed by atoms with E-state index in [-0.39, 0.29) is 0 Å². The van der Waals surface area contributed by atoms with Gasteiger partial charge in [0, 0.05) is 19.1 Å². The van der Waals surface area contributed by atoms with E-state index in [1.807, 2.05) is 12.3 Å². The molecule has 0 radical (unpaired) electrons. The molecule has 1 aromatic heterocycles. The third kappa shape index (κ3) is 2.89. The van der Waals surface area contributed by atoms with Crippen molar-refractivity contribution in [2.75, 3.05) is 39.3 Å². The molecule has 0 amide bonds. The van der Waals surface area contributed by atoms with Crippen molar-refractivity contribution in [3.05, 3.63) is 24.2 Å². The molecular weight excluding hydrogens is 262 g/mol. The van der Waals surface area contributed by atoms with E-state index in [0.29, 0.717) is 12.1 Å². The van der Waals surface area contributed by atoms with Crippen LogP contribution in [0.15, 0.2) is 22.8 Å². The monoisotopic (exact) mass is 289 g/mol. The predicted molar refractivity (Wildman–Crippen MR) is 83.2 cm³/mol. The third-order valence-electron chi connectivity index (χ3n) is 5.68. The number of nitrogens with zero attached hydrogens (tertiary/aromatic N) is 2. The van der Waals surface area contributed by atoms with Crippen LogP contribution in [-0.2, 0) is 0 Å². The Balaban J connectivity index is 1.40. The molecule has 4 saturated heterocycles. The fourth-order valence-corrected chi connectivity index (χ4v) is 4.40. The highest BCUT2D eigenvalue weighted by molar-refractivity contribution is 5.06. The standard InChI is InChI=1S/C17H27N3O/c1-2-8-20(7-1)16(17-4-3-11-21-17)12-18-15-13-19-9-5-14(15)6-10-19/h3-4,11,14-16,18H,1-2,5-10,12-13H2. The Morgan fingerprint density at radius 1 is 1.19 bits per heavy atom. The molecule has 5 heterocycles. The molecular formula is C17H27N3O. The number of hydrogen-bond donors (Lipinski definition) is 1. The summed E-state index contributed by atoms with van der Waals surface area (Å²) in [5.74, 6) is 2.02. The van der Waals surface area contributed by atoms with E-state index in [0.717, 1.165) is 18.2 Å². The predicted octanol–water partition coefficient (Wildman–Crippen LogP) is 2.10. The zero-order valence-electron chi connectivity index (χ0n) is 12.8. The van der Waals surface area contributed by atoms with Gasteiger partial charge in [0.15, 0.2) is 0 Å². The minimum atomic E-state index is 0.415. The zero-order valence-corrected chi connectivity index (χ0v) is 12.8. The van der Waals surface area contributed by atoms with E-state index in [4.69, 9.17) is 4.42 Å². The summed E-state index contributed by atoms with van der Waals surface area (Å²) < 4.78 is 5.72. The van der Waals surface area contributed by atoms with Crippen molar-refractivity contribution in [2.24, 2.45) is 5.92 Å². The van der Waals surface area contributed by atoms with Crippen molar-refractivity contribution in [1.29, 1.82) is 0 Å². The van der Waals surface area contributed by atoms with Gasteiger partial charge in [0.25, 0.3) is 0 Å². The summed E-state index contributed by atoms with van der Waals surface area (Å²) in [5, 5.41) is 3.87. The number of hydrogen-bond acceptors (Lipinski definition) is 4. The molecule has 4 nitrogen and oxygen atoms in total. The van der Waals surface area contributed by atoms with Gasteiger partial charge in [0.05, 0.1) is 12.3 Å². The maximum absolute atomic E-state index is 5.72. The smallest absolute Gasteiger partial charge is 0.122 e. The highest BCUT2D eigenvalue weighted by atomic mass is 16.3. The van der Waals surface area contributed by atoms with Crippen molar-refractivity contribution in [2.45, 2.75) is 37.8 Å². The molecule has 4 fully saturated rings. The molecule has 2 unspecified atom stereocenters. The number of furan rings is 1.